The van der Waals surface area contributed by atoms with Crippen molar-refractivity contribution in [2.45, 2.75) is 45.4 Å². The lowest BCUT2D eigenvalue weighted by Crippen LogP contribution is -2.30. The van der Waals surface area contributed by atoms with Crippen molar-refractivity contribution in [2.24, 2.45) is 0 Å². The third-order valence-corrected chi connectivity index (χ3v) is 10.0. The van der Waals surface area contributed by atoms with Gasteiger partial charge in [0.25, 0.3) is 20.2 Å². The van der Waals surface area contributed by atoms with Gasteiger partial charge in [-0.1, -0.05) is 43.7 Å². The van der Waals surface area contributed by atoms with E-state index in [9.17, 15) is 45.7 Å². The summed E-state index contributed by atoms with van der Waals surface area (Å²) in [6.07, 6.45) is 10.9. The van der Waals surface area contributed by atoms with Gasteiger partial charge in [0.2, 0.25) is 5.69 Å². The molecule has 0 atom stereocenters. The van der Waals surface area contributed by atoms with Crippen LogP contribution in [0.3, 0.4) is 0 Å². The molecule has 0 radical (unpaired) electrons. The molecule has 0 saturated carbocycles. The quantitative estimate of drug-likeness (QED) is 0.133. The zero-order valence-corrected chi connectivity index (χ0v) is 28.8. The lowest BCUT2D eigenvalue weighted by molar-refractivity contribution is -0.432. The first-order chi connectivity index (χ1) is 22.1. The Balaban J connectivity index is 1.66. The van der Waals surface area contributed by atoms with Crippen LogP contribution in [0.1, 0.15) is 66.5 Å². The maximum atomic E-state index is 11.6. The Morgan fingerprint density at radius 2 is 1.42 bits per heavy atom. The van der Waals surface area contributed by atoms with E-state index < -0.39 is 54.5 Å². The van der Waals surface area contributed by atoms with E-state index >= 15 is 0 Å². The van der Waals surface area contributed by atoms with Gasteiger partial charge < -0.3 is 15.1 Å². The average molecular weight is 700 g/mol. The first-order valence-electron chi connectivity index (χ1n) is 15.0. The number of rotatable bonds is 12. The monoisotopic (exact) mass is 699 g/mol. The molecule has 256 valence electrons. The highest BCUT2D eigenvalue weighted by molar-refractivity contribution is 7.86. The number of carboxylic acids is 2. The first-order valence-corrected chi connectivity index (χ1v) is 18.2. The van der Waals surface area contributed by atoms with Crippen LogP contribution in [0.15, 0.2) is 84.1 Å². The highest BCUT2D eigenvalue weighted by atomic mass is 32.2. The normalized spacial score (nSPS) is 18.3. The molecule has 4 N–H and O–H groups in total. The van der Waals surface area contributed by atoms with Crippen LogP contribution >= 0.6 is 0 Å². The Kier molecular flexibility index (Phi) is 10.1. The van der Waals surface area contributed by atoms with Crippen LogP contribution < -0.4 is 4.90 Å². The maximum absolute atomic E-state index is 11.6. The van der Waals surface area contributed by atoms with E-state index in [-0.39, 0.29) is 24.2 Å². The summed E-state index contributed by atoms with van der Waals surface area (Å²) in [5.74, 6) is -3.21. The van der Waals surface area contributed by atoms with Gasteiger partial charge in [0, 0.05) is 41.1 Å². The van der Waals surface area contributed by atoms with Crippen LogP contribution in [0.5, 0.6) is 0 Å². The average Bonchev–Trinajstić information content (AvgIpc) is 3.32. The number of carboxylic acid groups (broad SMARTS) is 2. The molecular formula is C34H39N2O10S2+. The summed E-state index contributed by atoms with van der Waals surface area (Å²) in [6.45, 7) is 9.39. The van der Waals surface area contributed by atoms with Crippen molar-refractivity contribution in [2.75, 3.05) is 29.5 Å². The number of fused-ring (bicyclic) bond motifs is 2. The van der Waals surface area contributed by atoms with Crippen molar-refractivity contribution in [3.05, 3.63) is 106 Å². The first kappa shape index (κ1) is 36.5. The number of carbonyl (C=O) groups is 2. The van der Waals surface area contributed by atoms with Gasteiger partial charge in [0.1, 0.15) is 5.75 Å². The standard InChI is InChI=1S/C34H38N2O10S2/c1-22(8-6-10-29-33(2,3)25-20-23(31(37)38)12-14-27(25)35(29)16-18-47(41,42)43)9-7-11-30-34(4,5)26-21-24(32(39)40)13-15-28(26)36(30)17-19-48(44,45)46/h6-15,20-21H,16-19H2,1-5H3,(H3-,37,38,39,40,41,42,43,44,45,46)/p+1. The summed E-state index contributed by atoms with van der Waals surface area (Å²) in [4.78, 5) is 25.0. The second-order valence-corrected chi connectivity index (χ2v) is 15.9. The SMILES string of the molecule is CC(C=C/C=C1/N(CCS(=O)(=O)O)c2ccc(C(=O)O)cc2C1(C)C)=CC=CC1=[N+](CCS(=O)(=O)O)c2ccc(C(=O)O)cc2C1(C)C. The van der Waals surface area contributed by atoms with Gasteiger partial charge in [-0.15, -0.1) is 0 Å². The van der Waals surface area contributed by atoms with Crippen molar-refractivity contribution < 1.29 is 50.3 Å². The summed E-state index contributed by atoms with van der Waals surface area (Å²) in [7, 11) is -8.53. The molecule has 2 aliphatic heterocycles. The molecule has 0 amide bonds. The number of hydrogen-bond donors (Lipinski definition) is 4. The van der Waals surface area contributed by atoms with E-state index in [2.05, 4.69) is 0 Å². The van der Waals surface area contributed by atoms with Crippen LogP contribution in [0.4, 0.5) is 11.4 Å². The molecule has 0 spiro atoms. The van der Waals surface area contributed by atoms with E-state index in [1.165, 1.54) is 12.1 Å². The van der Waals surface area contributed by atoms with Crippen LogP contribution in [-0.4, -0.2) is 83.0 Å². The van der Waals surface area contributed by atoms with Crippen molar-refractivity contribution in [3.8, 4) is 0 Å². The van der Waals surface area contributed by atoms with Crippen LogP contribution in [0.25, 0.3) is 0 Å². The molecule has 0 aromatic heterocycles. The zero-order valence-electron chi connectivity index (χ0n) is 27.2. The van der Waals surface area contributed by atoms with Gasteiger partial charge in [-0.3, -0.25) is 9.11 Å². The predicted octanol–water partition coefficient (Wildman–Crippen LogP) is 4.98. The summed E-state index contributed by atoms with van der Waals surface area (Å²) < 4.78 is 67.0. The van der Waals surface area contributed by atoms with Crippen molar-refractivity contribution in [1.29, 1.82) is 0 Å². The molecule has 0 saturated heterocycles. The Labute approximate surface area is 280 Å². The summed E-state index contributed by atoms with van der Waals surface area (Å²) in [5.41, 5.74) is 3.77. The Hall–Kier alpha value is -4.37. The number of hydrogen-bond acceptors (Lipinski definition) is 7. The van der Waals surface area contributed by atoms with Gasteiger partial charge in [-0.05, 0) is 62.7 Å². The number of benzene rings is 2. The molecule has 0 unspecified atom stereocenters. The predicted molar refractivity (Wildman–Crippen MR) is 183 cm³/mol. The van der Waals surface area contributed by atoms with E-state index in [0.29, 0.717) is 33.9 Å². The fraction of sp³-hybridized carbons (Fsp3) is 0.324. The summed E-state index contributed by atoms with van der Waals surface area (Å²) >= 11 is 0. The topological polar surface area (TPSA) is 190 Å². The molecule has 2 aromatic rings. The third-order valence-electron chi connectivity index (χ3n) is 8.65. The molecular weight excluding hydrogens is 661 g/mol. The Morgan fingerprint density at radius 1 is 0.833 bits per heavy atom. The molecule has 0 aliphatic carbocycles. The summed E-state index contributed by atoms with van der Waals surface area (Å²) in [5, 5.41) is 19.1. The largest absolute Gasteiger partial charge is 0.478 e. The minimum absolute atomic E-state index is 0.0439. The van der Waals surface area contributed by atoms with Crippen molar-refractivity contribution in [1.82, 2.24) is 0 Å². The van der Waals surface area contributed by atoms with Crippen molar-refractivity contribution >= 4 is 49.3 Å². The molecule has 2 aromatic carbocycles. The molecule has 4 rings (SSSR count). The van der Waals surface area contributed by atoms with Crippen molar-refractivity contribution in [3.63, 3.8) is 0 Å². The molecule has 0 bridgehead atoms. The fourth-order valence-electron chi connectivity index (χ4n) is 6.15. The smallest absolute Gasteiger partial charge is 0.335 e. The van der Waals surface area contributed by atoms with E-state index in [1.807, 2.05) is 58.9 Å². The van der Waals surface area contributed by atoms with Crippen LogP contribution in [0.2, 0.25) is 0 Å². The third kappa shape index (κ3) is 7.84. The highest BCUT2D eigenvalue weighted by Crippen LogP contribution is 2.48. The lowest BCUT2D eigenvalue weighted by atomic mass is 9.81. The van der Waals surface area contributed by atoms with Gasteiger partial charge >= 0.3 is 11.9 Å². The van der Waals surface area contributed by atoms with E-state index in [4.69, 9.17) is 0 Å². The second-order valence-electron chi connectivity index (χ2n) is 12.8. The molecule has 0 fully saturated rings. The number of anilines is 1. The van der Waals surface area contributed by atoms with Gasteiger partial charge in [0.15, 0.2) is 12.3 Å². The van der Waals surface area contributed by atoms with Gasteiger partial charge in [0.05, 0.1) is 22.3 Å². The molecule has 48 heavy (non-hydrogen) atoms. The molecule has 14 heteroatoms. The van der Waals surface area contributed by atoms with Crippen LogP contribution in [-0.2, 0) is 31.1 Å². The minimum atomic E-state index is -4.27. The minimum Gasteiger partial charge on any atom is -0.478 e. The number of allylic oxidation sites excluding steroid dienone is 8. The molecule has 12 nitrogen and oxygen atoms in total. The number of aromatic carboxylic acids is 2. The Bertz CT molecular complexity index is 2050. The van der Waals surface area contributed by atoms with Gasteiger partial charge in [-0.25, -0.2) is 9.59 Å². The van der Waals surface area contributed by atoms with Crippen LogP contribution in [0, 0.1) is 0 Å². The molecule has 2 heterocycles. The lowest BCUT2D eigenvalue weighted by Gasteiger charge is -2.26. The van der Waals surface area contributed by atoms with E-state index in [1.54, 1.807) is 45.9 Å². The van der Waals surface area contributed by atoms with E-state index in [0.717, 1.165) is 5.57 Å². The fourth-order valence-corrected chi connectivity index (χ4v) is 6.98. The second kappa shape index (κ2) is 13.3. The van der Waals surface area contributed by atoms with Gasteiger partial charge in [-0.2, -0.15) is 21.4 Å². The number of nitrogens with zero attached hydrogens (tertiary/aromatic N) is 2. The zero-order chi connectivity index (χ0) is 35.8. The summed E-state index contributed by atoms with van der Waals surface area (Å²) in [6, 6.07) is 9.31. The molecule has 2 aliphatic rings. The maximum Gasteiger partial charge on any atom is 0.335 e. The highest BCUT2D eigenvalue weighted by Gasteiger charge is 2.45. The Morgan fingerprint density at radius 3 is 2.00 bits per heavy atom.